The van der Waals surface area contributed by atoms with Crippen LogP contribution in [0, 0.1) is 0 Å². The van der Waals surface area contributed by atoms with E-state index in [0.717, 1.165) is 35.5 Å². The van der Waals surface area contributed by atoms with Crippen molar-refractivity contribution in [2.75, 3.05) is 26.8 Å². The van der Waals surface area contributed by atoms with Crippen molar-refractivity contribution in [3.05, 3.63) is 71.0 Å². The van der Waals surface area contributed by atoms with Crippen LogP contribution >= 0.6 is 11.6 Å². The topological polar surface area (TPSA) is 74.1 Å². The van der Waals surface area contributed by atoms with Crippen molar-refractivity contribution in [2.45, 2.75) is 12.6 Å². The molecule has 7 nitrogen and oxygen atoms in total. The largest absolute Gasteiger partial charge is 0.497 e. The SMILES string of the molecule is COc1ccc(Cn2cc3nc(-c4cccc(C5CNCCO5)c4)nc(Cl)c3n2)cc1. The van der Waals surface area contributed by atoms with Gasteiger partial charge < -0.3 is 14.8 Å². The molecule has 5 rings (SSSR count). The molecule has 1 aliphatic heterocycles. The van der Waals surface area contributed by atoms with E-state index >= 15 is 0 Å². The standard InChI is InChI=1S/C23H22ClN5O2/c1-30-18-7-5-15(6-8-18)13-29-14-19-21(28-29)22(24)27-23(26-19)17-4-2-3-16(11-17)20-12-25-9-10-31-20/h2-8,11,14,20,25H,9-10,12-13H2,1H3. The molecular formula is C23H22ClN5O2. The molecule has 1 saturated heterocycles. The second-order valence-corrected chi connectivity index (χ2v) is 7.79. The zero-order valence-electron chi connectivity index (χ0n) is 17.1. The van der Waals surface area contributed by atoms with E-state index in [2.05, 4.69) is 27.5 Å². The number of hydrogen-bond donors (Lipinski definition) is 1. The van der Waals surface area contributed by atoms with Gasteiger partial charge in [-0.3, -0.25) is 4.68 Å². The van der Waals surface area contributed by atoms with E-state index in [1.165, 1.54) is 0 Å². The van der Waals surface area contributed by atoms with Crippen LogP contribution in [0.3, 0.4) is 0 Å². The summed E-state index contributed by atoms with van der Waals surface area (Å²) in [6.45, 7) is 2.98. The minimum absolute atomic E-state index is 0.0279. The molecule has 0 aliphatic carbocycles. The lowest BCUT2D eigenvalue weighted by molar-refractivity contribution is 0.0277. The highest BCUT2D eigenvalue weighted by atomic mass is 35.5. The number of methoxy groups -OCH3 is 1. The first-order valence-corrected chi connectivity index (χ1v) is 10.5. The van der Waals surface area contributed by atoms with Crippen LogP contribution in [-0.4, -0.2) is 46.6 Å². The number of morpholine rings is 1. The second kappa shape index (κ2) is 8.63. The van der Waals surface area contributed by atoms with Gasteiger partial charge in [0, 0.05) is 18.7 Å². The number of nitrogens with one attached hydrogen (secondary N) is 1. The summed E-state index contributed by atoms with van der Waals surface area (Å²) < 4.78 is 12.9. The van der Waals surface area contributed by atoms with Crippen LogP contribution in [0.25, 0.3) is 22.4 Å². The van der Waals surface area contributed by atoms with Gasteiger partial charge in [-0.2, -0.15) is 5.10 Å². The van der Waals surface area contributed by atoms with Crippen molar-refractivity contribution in [1.82, 2.24) is 25.1 Å². The molecule has 1 N–H and O–H groups in total. The maximum absolute atomic E-state index is 6.48. The molecule has 0 radical (unpaired) electrons. The average Bonchev–Trinajstić information content (AvgIpc) is 3.23. The smallest absolute Gasteiger partial charge is 0.161 e. The minimum atomic E-state index is 0.0279. The lowest BCUT2D eigenvalue weighted by Gasteiger charge is -2.24. The van der Waals surface area contributed by atoms with E-state index in [-0.39, 0.29) is 6.10 Å². The lowest BCUT2D eigenvalue weighted by atomic mass is 10.0. The highest BCUT2D eigenvalue weighted by molar-refractivity contribution is 6.33. The number of ether oxygens (including phenoxy) is 2. The van der Waals surface area contributed by atoms with E-state index < -0.39 is 0 Å². The van der Waals surface area contributed by atoms with Gasteiger partial charge in [0.15, 0.2) is 11.0 Å². The fourth-order valence-corrected chi connectivity index (χ4v) is 3.92. The minimum Gasteiger partial charge on any atom is -0.497 e. The van der Waals surface area contributed by atoms with Gasteiger partial charge in [0.25, 0.3) is 0 Å². The zero-order chi connectivity index (χ0) is 21.2. The molecule has 31 heavy (non-hydrogen) atoms. The van der Waals surface area contributed by atoms with Crippen molar-refractivity contribution in [3.63, 3.8) is 0 Å². The number of aromatic nitrogens is 4. The summed E-state index contributed by atoms with van der Waals surface area (Å²) in [4.78, 5) is 9.23. The molecule has 158 valence electrons. The molecule has 0 spiro atoms. The fourth-order valence-electron chi connectivity index (χ4n) is 3.71. The Morgan fingerprint density at radius 3 is 2.84 bits per heavy atom. The van der Waals surface area contributed by atoms with Gasteiger partial charge in [-0.15, -0.1) is 0 Å². The predicted octanol–water partition coefficient (Wildman–Crippen LogP) is 3.86. The normalized spacial score (nSPS) is 16.5. The Labute approximate surface area is 185 Å². The van der Waals surface area contributed by atoms with Gasteiger partial charge in [-0.25, -0.2) is 9.97 Å². The highest BCUT2D eigenvalue weighted by Gasteiger charge is 2.17. The molecule has 8 heteroatoms. The third kappa shape index (κ3) is 4.25. The molecule has 2 aromatic carbocycles. The molecule has 2 aromatic heterocycles. The Bertz CT molecular complexity index is 1200. The Balaban J connectivity index is 1.44. The number of benzene rings is 2. The van der Waals surface area contributed by atoms with Crippen molar-refractivity contribution < 1.29 is 9.47 Å². The molecule has 0 saturated carbocycles. The van der Waals surface area contributed by atoms with Gasteiger partial charge in [0.2, 0.25) is 0 Å². The molecule has 4 aromatic rings. The van der Waals surface area contributed by atoms with E-state index in [9.17, 15) is 0 Å². The van der Waals surface area contributed by atoms with E-state index in [4.69, 9.17) is 26.1 Å². The summed E-state index contributed by atoms with van der Waals surface area (Å²) in [7, 11) is 1.66. The number of hydrogen-bond acceptors (Lipinski definition) is 6. The van der Waals surface area contributed by atoms with Crippen molar-refractivity contribution in [1.29, 1.82) is 0 Å². The summed E-state index contributed by atoms with van der Waals surface area (Å²) >= 11 is 6.48. The maximum atomic E-state index is 6.48. The van der Waals surface area contributed by atoms with Crippen molar-refractivity contribution >= 4 is 22.6 Å². The van der Waals surface area contributed by atoms with Crippen LogP contribution in [-0.2, 0) is 11.3 Å². The van der Waals surface area contributed by atoms with Gasteiger partial charge in [0.05, 0.1) is 32.6 Å². The molecule has 1 aliphatic rings. The van der Waals surface area contributed by atoms with Crippen LogP contribution in [0.15, 0.2) is 54.7 Å². The first kappa shape index (κ1) is 19.9. The van der Waals surface area contributed by atoms with Crippen LogP contribution in [0.4, 0.5) is 0 Å². The zero-order valence-corrected chi connectivity index (χ0v) is 17.8. The van der Waals surface area contributed by atoms with E-state index in [1.807, 2.05) is 47.3 Å². The monoisotopic (exact) mass is 435 g/mol. The predicted molar refractivity (Wildman–Crippen MR) is 119 cm³/mol. The molecule has 1 unspecified atom stereocenters. The van der Waals surface area contributed by atoms with Crippen molar-refractivity contribution in [3.8, 4) is 17.1 Å². The van der Waals surface area contributed by atoms with Crippen LogP contribution in [0.2, 0.25) is 5.15 Å². The number of rotatable bonds is 5. The average molecular weight is 436 g/mol. The van der Waals surface area contributed by atoms with E-state index in [0.29, 0.717) is 35.2 Å². The molecular weight excluding hydrogens is 414 g/mol. The van der Waals surface area contributed by atoms with E-state index in [1.54, 1.807) is 7.11 Å². The van der Waals surface area contributed by atoms with Gasteiger partial charge >= 0.3 is 0 Å². The molecule has 1 fully saturated rings. The van der Waals surface area contributed by atoms with Crippen molar-refractivity contribution in [2.24, 2.45) is 0 Å². The first-order chi connectivity index (χ1) is 15.2. The quantitative estimate of drug-likeness (QED) is 0.480. The summed E-state index contributed by atoms with van der Waals surface area (Å²) in [5.74, 6) is 1.40. The summed E-state index contributed by atoms with van der Waals surface area (Å²) in [5, 5.41) is 8.28. The first-order valence-electron chi connectivity index (χ1n) is 10.2. The molecule has 0 amide bonds. The number of nitrogens with zero attached hydrogens (tertiary/aromatic N) is 4. The highest BCUT2D eigenvalue weighted by Crippen LogP contribution is 2.27. The summed E-state index contributed by atoms with van der Waals surface area (Å²) in [6, 6.07) is 16.0. The summed E-state index contributed by atoms with van der Waals surface area (Å²) in [6.07, 6.45) is 1.93. The third-order valence-corrected chi connectivity index (χ3v) is 5.58. The number of fused-ring (bicyclic) bond motifs is 1. The molecule has 3 heterocycles. The molecule has 1 atom stereocenters. The van der Waals surface area contributed by atoms with Gasteiger partial charge in [-0.05, 0) is 29.3 Å². The third-order valence-electron chi connectivity index (χ3n) is 5.32. The van der Waals surface area contributed by atoms with Gasteiger partial charge in [0.1, 0.15) is 16.8 Å². The van der Waals surface area contributed by atoms with Crippen LogP contribution in [0.1, 0.15) is 17.2 Å². The maximum Gasteiger partial charge on any atom is 0.161 e. The van der Waals surface area contributed by atoms with Crippen LogP contribution in [0.5, 0.6) is 5.75 Å². The summed E-state index contributed by atoms with van der Waals surface area (Å²) in [5.41, 5.74) is 4.41. The Morgan fingerprint density at radius 2 is 2.06 bits per heavy atom. The fraction of sp³-hybridized carbons (Fsp3) is 0.261. The Hall–Kier alpha value is -3.00. The van der Waals surface area contributed by atoms with Gasteiger partial charge in [-0.1, -0.05) is 41.9 Å². The van der Waals surface area contributed by atoms with Crippen LogP contribution < -0.4 is 10.1 Å². The molecule has 0 bridgehead atoms. The Kier molecular flexibility index (Phi) is 5.55. The lowest BCUT2D eigenvalue weighted by Crippen LogP contribution is -2.33. The second-order valence-electron chi connectivity index (χ2n) is 7.44. The Morgan fingerprint density at radius 1 is 1.19 bits per heavy atom. The number of halogens is 1.